The van der Waals surface area contributed by atoms with Crippen molar-refractivity contribution >= 4 is 17.7 Å². The number of rotatable bonds is 8. The Balaban J connectivity index is 1.63. The van der Waals surface area contributed by atoms with Crippen LogP contribution < -0.4 is 15.4 Å². The summed E-state index contributed by atoms with van der Waals surface area (Å²) in [5, 5.41) is 5.66. The monoisotopic (exact) mass is 467 g/mol. The van der Waals surface area contributed by atoms with Crippen LogP contribution in [0.3, 0.4) is 0 Å². The number of nitrogens with zero attached hydrogens (tertiary/aromatic N) is 1. The molecule has 2 aliphatic rings. The zero-order valence-corrected chi connectivity index (χ0v) is 19.6. The molecular formula is C26H30FN3O4. The Labute approximate surface area is 198 Å². The number of fused-ring (bicyclic) bond motifs is 1. The SMILES string of the molecule is CNC(=O)c1cc(C(=O)NC2[C@H]3CN(C(C)=O)C[C@@H]23)cc(Cc2ccccc2)c1O[C@H](C)CF. The van der Waals surface area contributed by atoms with E-state index in [-0.39, 0.29) is 41.0 Å². The molecule has 1 aliphatic carbocycles. The van der Waals surface area contributed by atoms with Crippen molar-refractivity contribution < 1.29 is 23.5 Å². The highest BCUT2D eigenvalue weighted by molar-refractivity contribution is 6.02. The van der Waals surface area contributed by atoms with Gasteiger partial charge < -0.3 is 20.3 Å². The maximum absolute atomic E-state index is 13.3. The van der Waals surface area contributed by atoms with Crippen LogP contribution in [0.2, 0.25) is 0 Å². The van der Waals surface area contributed by atoms with E-state index in [2.05, 4.69) is 10.6 Å². The summed E-state index contributed by atoms with van der Waals surface area (Å²) >= 11 is 0. The van der Waals surface area contributed by atoms with Gasteiger partial charge in [-0.05, 0) is 24.6 Å². The van der Waals surface area contributed by atoms with Gasteiger partial charge in [0, 0.05) is 62.5 Å². The minimum absolute atomic E-state index is 0.0200. The molecule has 4 rings (SSSR count). The van der Waals surface area contributed by atoms with Gasteiger partial charge in [0.2, 0.25) is 5.91 Å². The first kappa shape index (κ1) is 23.7. The molecule has 1 heterocycles. The molecule has 34 heavy (non-hydrogen) atoms. The first-order chi connectivity index (χ1) is 16.3. The largest absolute Gasteiger partial charge is 0.487 e. The van der Waals surface area contributed by atoms with Gasteiger partial charge in [0.05, 0.1) is 5.56 Å². The molecule has 0 radical (unpaired) electrons. The maximum Gasteiger partial charge on any atom is 0.254 e. The van der Waals surface area contributed by atoms with Crippen molar-refractivity contribution in [3.8, 4) is 5.75 Å². The van der Waals surface area contributed by atoms with Gasteiger partial charge in [-0.1, -0.05) is 30.3 Å². The van der Waals surface area contributed by atoms with Gasteiger partial charge in [-0.25, -0.2) is 4.39 Å². The first-order valence-corrected chi connectivity index (χ1v) is 11.5. The molecule has 2 N–H and O–H groups in total. The zero-order chi connectivity index (χ0) is 24.4. The number of benzene rings is 2. The molecule has 2 fully saturated rings. The lowest BCUT2D eigenvalue weighted by molar-refractivity contribution is -0.128. The highest BCUT2D eigenvalue weighted by Crippen LogP contribution is 2.45. The van der Waals surface area contributed by atoms with E-state index in [0.717, 1.165) is 5.56 Å². The third-order valence-electron chi connectivity index (χ3n) is 6.61. The predicted molar refractivity (Wildman–Crippen MR) is 126 cm³/mol. The molecule has 0 spiro atoms. The van der Waals surface area contributed by atoms with Crippen LogP contribution in [0.1, 0.15) is 45.7 Å². The fraction of sp³-hybridized carbons (Fsp3) is 0.423. The minimum Gasteiger partial charge on any atom is -0.487 e. The summed E-state index contributed by atoms with van der Waals surface area (Å²) < 4.78 is 19.1. The predicted octanol–water partition coefficient (Wildman–Crippen LogP) is 2.58. The van der Waals surface area contributed by atoms with Gasteiger partial charge in [-0.2, -0.15) is 0 Å². The van der Waals surface area contributed by atoms with E-state index < -0.39 is 18.7 Å². The Morgan fingerprint density at radius 2 is 1.79 bits per heavy atom. The van der Waals surface area contributed by atoms with Crippen molar-refractivity contribution in [1.82, 2.24) is 15.5 Å². The summed E-state index contributed by atoms with van der Waals surface area (Å²) in [4.78, 5) is 39.3. The molecule has 3 amide bonds. The number of hydrogen-bond acceptors (Lipinski definition) is 4. The van der Waals surface area contributed by atoms with Crippen molar-refractivity contribution in [2.45, 2.75) is 32.4 Å². The van der Waals surface area contributed by atoms with Crippen LogP contribution in [-0.2, 0) is 11.2 Å². The van der Waals surface area contributed by atoms with Crippen LogP contribution in [0.4, 0.5) is 4.39 Å². The number of nitrogens with one attached hydrogen (secondary N) is 2. The Hall–Kier alpha value is -3.42. The van der Waals surface area contributed by atoms with Crippen LogP contribution in [-0.4, -0.2) is 61.6 Å². The standard InChI is InChI=1S/C26H30FN3O4/c1-15(12-27)34-24-18(9-17-7-5-4-6-8-17)10-19(11-20(24)26(33)28-3)25(32)29-23-21-13-30(16(2)31)14-22(21)23/h4-8,10-11,15,21-23H,9,12-14H2,1-3H3,(H,28,33)(H,29,32)/t15-,21-,22+,23?/m1/s1. The Morgan fingerprint density at radius 3 is 2.38 bits per heavy atom. The number of ether oxygens (including phenoxy) is 1. The topological polar surface area (TPSA) is 87.7 Å². The van der Waals surface area contributed by atoms with Crippen molar-refractivity contribution in [2.24, 2.45) is 11.8 Å². The van der Waals surface area contributed by atoms with Gasteiger partial charge in [0.1, 0.15) is 18.5 Å². The summed E-state index contributed by atoms with van der Waals surface area (Å²) in [6.07, 6.45) is -0.324. The zero-order valence-electron chi connectivity index (χ0n) is 19.6. The lowest BCUT2D eigenvalue weighted by Crippen LogP contribution is -2.36. The van der Waals surface area contributed by atoms with Crippen molar-refractivity contribution in [3.05, 3.63) is 64.7 Å². The molecule has 2 aromatic carbocycles. The van der Waals surface area contributed by atoms with Crippen LogP contribution in [0.5, 0.6) is 5.75 Å². The number of halogens is 1. The minimum atomic E-state index is -0.743. The molecule has 1 saturated heterocycles. The van der Waals surface area contributed by atoms with Gasteiger partial charge in [-0.15, -0.1) is 0 Å². The van der Waals surface area contributed by atoms with Crippen molar-refractivity contribution in [2.75, 3.05) is 26.8 Å². The second-order valence-corrected chi connectivity index (χ2v) is 9.09. The molecule has 180 valence electrons. The molecule has 1 unspecified atom stereocenters. The van der Waals surface area contributed by atoms with Crippen molar-refractivity contribution in [1.29, 1.82) is 0 Å². The number of carbonyl (C=O) groups is 3. The Kier molecular flexibility index (Phi) is 6.86. The number of amides is 3. The third-order valence-corrected chi connectivity index (χ3v) is 6.61. The van der Waals surface area contributed by atoms with E-state index in [0.29, 0.717) is 30.6 Å². The van der Waals surface area contributed by atoms with Crippen LogP contribution >= 0.6 is 0 Å². The smallest absolute Gasteiger partial charge is 0.254 e. The van der Waals surface area contributed by atoms with Gasteiger partial charge >= 0.3 is 0 Å². The van der Waals surface area contributed by atoms with Crippen LogP contribution in [0, 0.1) is 11.8 Å². The van der Waals surface area contributed by atoms with E-state index >= 15 is 0 Å². The quantitative estimate of drug-likeness (QED) is 0.625. The summed E-state index contributed by atoms with van der Waals surface area (Å²) in [5.41, 5.74) is 2.15. The molecule has 7 nitrogen and oxygen atoms in total. The summed E-state index contributed by atoms with van der Waals surface area (Å²) in [5.74, 6) is 0.177. The van der Waals surface area contributed by atoms with E-state index in [1.54, 1.807) is 24.8 Å². The molecule has 8 heteroatoms. The molecule has 1 aliphatic heterocycles. The molecular weight excluding hydrogens is 437 g/mol. The number of carbonyl (C=O) groups excluding carboxylic acids is 3. The number of hydrogen-bond donors (Lipinski definition) is 2. The Bertz CT molecular complexity index is 1080. The summed E-state index contributed by atoms with van der Waals surface area (Å²) in [6.45, 7) is 3.75. The fourth-order valence-electron chi connectivity index (χ4n) is 4.67. The molecule has 2 aromatic rings. The number of piperidine rings is 1. The second kappa shape index (κ2) is 9.83. The molecule has 0 bridgehead atoms. The Morgan fingerprint density at radius 1 is 1.12 bits per heavy atom. The van der Waals surface area contributed by atoms with E-state index in [9.17, 15) is 18.8 Å². The van der Waals surface area contributed by atoms with E-state index in [1.165, 1.54) is 13.1 Å². The van der Waals surface area contributed by atoms with E-state index in [1.807, 2.05) is 30.3 Å². The van der Waals surface area contributed by atoms with E-state index in [4.69, 9.17) is 4.74 Å². The van der Waals surface area contributed by atoms with Gasteiger partial charge in [0.25, 0.3) is 11.8 Å². The highest BCUT2D eigenvalue weighted by atomic mass is 19.1. The van der Waals surface area contributed by atoms with Crippen LogP contribution in [0.15, 0.2) is 42.5 Å². The summed E-state index contributed by atoms with van der Waals surface area (Å²) in [6, 6.07) is 12.9. The molecule has 4 atom stereocenters. The lowest BCUT2D eigenvalue weighted by Gasteiger charge is -2.21. The van der Waals surface area contributed by atoms with Crippen LogP contribution in [0.25, 0.3) is 0 Å². The second-order valence-electron chi connectivity index (χ2n) is 9.09. The van der Waals surface area contributed by atoms with Gasteiger partial charge in [-0.3, -0.25) is 14.4 Å². The number of likely N-dealkylation sites (tertiary alicyclic amines) is 1. The lowest BCUT2D eigenvalue weighted by atomic mass is 9.97. The summed E-state index contributed by atoms with van der Waals surface area (Å²) in [7, 11) is 1.50. The van der Waals surface area contributed by atoms with Crippen molar-refractivity contribution in [3.63, 3.8) is 0 Å². The fourth-order valence-corrected chi connectivity index (χ4v) is 4.67. The maximum atomic E-state index is 13.3. The normalized spacial score (nSPS) is 21.4. The molecule has 0 aromatic heterocycles. The number of alkyl halides is 1. The molecule has 1 saturated carbocycles. The van der Waals surface area contributed by atoms with Gasteiger partial charge in [0.15, 0.2) is 0 Å². The third kappa shape index (κ3) is 4.90. The average molecular weight is 468 g/mol. The highest BCUT2D eigenvalue weighted by Gasteiger charge is 2.57. The first-order valence-electron chi connectivity index (χ1n) is 11.5. The average Bonchev–Trinajstić information content (AvgIpc) is 3.26.